The van der Waals surface area contributed by atoms with Gasteiger partial charge in [0.25, 0.3) is 6.43 Å². The average molecular weight is 442 g/mol. The zero-order chi connectivity index (χ0) is 22.5. The first kappa shape index (κ1) is 22.5. The van der Waals surface area contributed by atoms with Crippen LogP contribution in [0, 0.1) is 5.92 Å². The maximum Gasteiger partial charge on any atom is 0.272 e. The normalized spacial score (nSPS) is 20.4. The number of nitrogens with zero attached hydrogens (tertiary/aromatic N) is 3. The number of pyridine rings is 1. The summed E-state index contributed by atoms with van der Waals surface area (Å²) >= 11 is 0. The molecule has 170 valence electrons. The number of aliphatic imine (C=N–C) groups is 1. The van der Waals surface area contributed by atoms with Crippen LogP contribution in [-0.2, 0) is 22.5 Å². The van der Waals surface area contributed by atoms with Crippen LogP contribution in [0.15, 0.2) is 47.6 Å². The highest BCUT2D eigenvalue weighted by atomic mass is 19.3. The number of hydrogen-bond acceptors (Lipinski definition) is 5. The summed E-state index contributed by atoms with van der Waals surface area (Å²) in [7, 11) is 0. The summed E-state index contributed by atoms with van der Waals surface area (Å²) in [5.74, 6) is 1.04. The molecule has 0 spiro atoms. The molecule has 1 fully saturated rings. The monoisotopic (exact) mass is 441 g/mol. The minimum absolute atomic E-state index is 0.176. The van der Waals surface area contributed by atoms with Gasteiger partial charge in [0.15, 0.2) is 6.61 Å². The molecule has 0 unspecified atom stereocenters. The van der Waals surface area contributed by atoms with Crippen LogP contribution in [0.5, 0.6) is 0 Å². The lowest BCUT2D eigenvalue weighted by atomic mass is 9.85. The summed E-state index contributed by atoms with van der Waals surface area (Å²) in [6.45, 7) is 4.85. The predicted octanol–water partition coefficient (Wildman–Crippen LogP) is 4.25. The highest BCUT2D eigenvalue weighted by Gasteiger charge is 2.34. The van der Waals surface area contributed by atoms with Crippen molar-refractivity contribution in [2.75, 3.05) is 26.2 Å². The van der Waals surface area contributed by atoms with E-state index in [0.717, 1.165) is 31.6 Å². The lowest BCUT2D eigenvalue weighted by Gasteiger charge is -2.18. The summed E-state index contributed by atoms with van der Waals surface area (Å²) in [5, 5.41) is 0. The molecule has 0 N–H and O–H groups in total. The van der Waals surface area contributed by atoms with Crippen LogP contribution in [0.2, 0.25) is 0 Å². The Kier molecular flexibility index (Phi) is 7.25. The van der Waals surface area contributed by atoms with Gasteiger partial charge in [-0.3, -0.25) is 9.78 Å². The standard InChI is InChI=1S/C25H29F2N3O2/c1-2-8-30-14-19(23(15-30)17-6-4-3-5-7-17)10-21(31)11-20-9-18-12-29-25(22(18)13-28-20)32-16-24(26)27/h3-7,9,13,19,23-24H,2,8,10-12,14-16H2,1H3/t19-,23+/m0/s1. The third kappa shape index (κ3) is 5.38. The van der Waals surface area contributed by atoms with E-state index < -0.39 is 13.0 Å². The number of fused-ring (bicyclic) bond motifs is 1. The van der Waals surface area contributed by atoms with Crippen molar-refractivity contribution in [3.05, 3.63) is 65.0 Å². The van der Waals surface area contributed by atoms with Crippen molar-refractivity contribution in [2.45, 2.75) is 45.1 Å². The Labute approximate surface area is 187 Å². The number of benzene rings is 1. The average Bonchev–Trinajstić information content (AvgIpc) is 3.36. The number of carbonyl (C=O) groups is 1. The molecule has 5 nitrogen and oxygen atoms in total. The van der Waals surface area contributed by atoms with Crippen LogP contribution in [-0.4, -0.2) is 54.2 Å². The Morgan fingerprint density at radius 3 is 2.81 bits per heavy atom. The lowest BCUT2D eigenvalue weighted by molar-refractivity contribution is -0.119. The van der Waals surface area contributed by atoms with Crippen LogP contribution >= 0.6 is 0 Å². The van der Waals surface area contributed by atoms with E-state index in [2.05, 4.69) is 46.1 Å². The Morgan fingerprint density at radius 1 is 1.25 bits per heavy atom. The molecule has 7 heteroatoms. The van der Waals surface area contributed by atoms with Crippen molar-refractivity contribution in [3.8, 4) is 0 Å². The van der Waals surface area contributed by atoms with Gasteiger partial charge in [-0.25, -0.2) is 13.8 Å². The molecule has 1 aromatic heterocycles. The number of carbonyl (C=O) groups excluding carboxylic acids is 1. The number of hydrogen-bond donors (Lipinski definition) is 0. The van der Waals surface area contributed by atoms with Crippen LogP contribution in [0.1, 0.15) is 48.1 Å². The summed E-state index contributed by atoms with van der Waals surface area (Å²) in [6, 6.07) is 12.3. The van der Waals surface area contributed by atoms with E-state index in [1.165, 1.54) is 5.56 Å². The van der Waals surface area contributed by atoms with Crippen molar-refractivity contribution in [3.63, 3.8) is 0 Å². The second kappa shape index (κ2) is 10.3. The van der Waals surface area contributed by atoms with Gasteiger partial charge in [-0.2, -0.15) is 0 Å². The van der Waals surface area contributed by atoms with Crippen LogP contribution in [0.4, 0.5) is 8.78 Å². The number of halogens is 2. The van der Waals surface area contributed by atoms with E-state index in [0.29, 0.717) is 36.1 Å². The second-order valence-electron chi connectivity index (χ2n) is 8.61. The first-order valence-corrected chi connectivity index (χ1v) is 11.3. The number of likely N-dealkylation sites (tertiary alicyclic amines) is 1. The molecule has 0 bridgehead atoms. The molecule has 32 heavy (non-hydrogen) atoms. The van der Waals surface area contributed by atoms with E-state index >= 15 is 0 Å². The lowest BCUT2D eigenvalue weighted by Crippen LogP contribution is -2.22. The van der Waals surface area contributed by atoms with Crippen molar-refractivity contribution < 1.29 is 18.3 Å². The van der Waals surface area contributed by atoms with Gasteiger partial charge in [-0.05, 0) is 36.1 Å². The molecule has 0 saturated carbocycles. The summed E-state index contributed by atoms with van der Waals surface area (Å²) in [5.41, 5.74) is 3.49. The van der Waals surface area contributed by atoms with Gasteiger partial charge in [0.2, 0.25) is 5.90 Å². The maximum absolute atomic E-state index is 13.0. The molecular weight excluding hydrogens is 412 g/mol. The fourth-order valence-electron chi connectivity index (χ4n) is 4.78. The second-order valence-corrected chi connectivity index (χ2v) is 8.61. The van der Waals surface area contributed by atoms with Gasteiger partial charge in [0.05, 0.1) is 12.1 Å². The predicted molar refractivity (Wildman–Crippen MR) is 119 cm³/mol. The van der Waals surface area contributed by atoms with Gasteiger partial charge >= 0.3 is 0 Å². The van der Waals surface area contributed by atoms with Gasteiger partial charge in [0, 0.05) is 43.7 Å². The Morgan fingerprint density at radius 2 is 2.06 bits per heavy atom. The number of Topliss-reactive ketones (excluding diaryl/α,β-unsaturated/α-hetero) is 1. The van der Waals surface area contributed by atoms with Gasteiger partial charge in [-0.1, -0.05) is 37.3 Å². The SMILES string of the molecule is CCCN1C[C@H](CC(=O)Cc2cc3c(cn2)C(OCC(F)F)=NC3)[C@@H](c2ccccc2)C1. The topological polar surface area (TPSA) is 54.8 Å². The smallest absolute Gasteiger partial charge is 0.272 e. The van der Waals surface area contributed by atoms with Crippen molar-refractivity contribution >= 4 is 11.7 Å². The number of alkyl halides is 2. The quantitative estimate of drug-likeness (QED) is 0.584. The van der Waals surface area contributed by atoms with Gasteiger partial charge in [-0.15, -0.1) is 0 Å². The van der Waals surface area contributed by atoms with E-state index in [-0.39, 0.29) is 18.1 Å². The fourth-order valence-corrected chi connectivity index (χ4v) is 4.78. The molecular formula is C25H29F2N3O2. The largest absolute Gasteiger partial charge is 0.471 e. The molecule has 2 aliphatic rings. The highest BCUT2D eigenvalue weighted by Crippen LogP contribution is 2.35. The molecule has 1 saturated heterocycles. The Hall–Kier alpha value is -2.67. The summed E-state index contributed by atoms with van der Waals surface area (Å²) in [6.07, 6.45) is 0.937. The number of aromatic nitrogens is 1. The van der Waals surface area contributed by atoms with E-state index in [9.17, 15) is 13.6 Å². The summed E-state index contributed by atoms with van der Waals surface area (Å²) < 4.78 is 29.9. The minimum atomic E-state index is -2.55. The van der Waals surface area contributed by atoms with Crippen LogP contribution in [0.25, 0.3) is 0 Å². The van der Waals surface area contributed by atoms with Gasteiger partial charge < -0.3 is 9.64 Å². The van der Waals surface area contributed by atoms with Crippen LogP contribution in [0.3, 0.4) is 0 Å². The zero-order valence-corrected chi connectivity index (χ0v) is 18.3. The molecule has 2 aliphatic heterocycles. The fraction of sp³-hybridized carbons (Fsp3) is 0.480. The van der Waals surface area contributed by atoms with E-state index in [4.69, 9.17) is 4.74 Å². The number of ether oxygens (including phenoxy) is 1. The molecule has 4 rings (SSSR count). The number of rotatable bonds is 9. The third-order valence-electron chi connectivity index (χ3n) is 6.17. The van der Waals surface area contributed by atoms with Crippen molar-refractivity contribution in [2.24, 2.45) is 10.9 Å². The Bertz CT molecular complexity index is 965. The molecule has 1 aromatic carbocycles. The molecule has 3 heterocycles. The first-order chi connectivity index (χ1) is 15.5. The van der Waals surface area contributed by atoms with Crippen molar-refractivity contribution in [1.82, 2.24) is 9.88 Å². The van der Waals surface area contributed by atoms with Gasteiger partial charge in [0.1, 0.15) is 5.78 Å². The molecule has 2 aromatic rings. The molecule has 0 amide bonds. The Balaban J connectivity index is 1.39. The molecule has 0 aliphatic carbocycles. The zero-order valence-electron chi connectivity index (χ0n) is 18.3. The third-order valence-corrected chi connectivity index (χ3v) is 6.17. The van der Waals surface area contributed by atoms with E-state index in [1.54, 1.807) is 6.20 Å². The summed E-state index contributed by atoms with van der Waals surface area (Å²) in [4.78, 5) is 24.0. The molecule has 2 atom stereocenters. The molecule has 0 radical (unpaired) electrons. The maximum atomic E-state index is 13.0. The van der Waals surface area contributed by atoms with E-state index in [1.807, 2.05) is 12.1 Å². The van der Waals surface area contributed by atoms with Crippen LogP contribution < -0.4 is 0 Å². The highest BCUT2D eigenvalue weighted by molar-refractivity contribution is 5.97. The first-order valence-electron chi connectivity index (χ1n) is 11.3. The van der Waals surface area contributed by atoms with Crippen molar-refractivity contribution in [1.29, 1.82) is 0 Å². The number of ketones is 1. The minimum Gasteiger partial charge on any atom is -0.471 e.